The first kappa shape index (κ1) is 21.0. The summed E-state index contributed by atoms with van der Waals surface area (Å²) in [7, 11) is -3.95. The molecule has 1 aliphatic rings. The third kappa shape index (κ3) is 5.86. The zero-order valence-electron chi connectivity index (χ0n) is 15.3. The van der Waals surface area contributed by atoms with Crippen molar-refractivity contribution in [2.75, 3.05) is 6.61 Å². The van der Waals surface area contributed by atoms with Gasteiger partial charge < -0.3 is 10.1 Å². The largest absolute Gasteiger partial charge is 0.492 e. The van der Waals surface area contributed by atoms with Crippen LogP contribution in [0.1, 0.15) is 52.4 Å². The van der Waals surface area contributed by atoms with Gasteiger partial charge in [-0.05, 0) is 44.9 Å². The Morgan fingerprint density at radius 3 is 2.54 bits per heavy atom. The minimum Gasteiger partial charge on any atom is -0.492 e. The number of hydrogen-bond acceptors (Lipinski definition) is 4. The van der Waals surface area contributed by atoms with Gasteiger partial charge in [0.05, 0.1) is 12.6 Å². The maximum atomic E-state index is 12.7. The highest BCUT2D eigenvalue weighted by Crippen LogP contribution is 2.27. The number of sulfonamides is 1. The van der Waals surface area contributed by atoms with Crippen LogP contribution in [0.4, 0.5) is 0 Å². The van der Waals surface area contributed by atoms with Crippen LogP contribution >= 0.6 is 11.6 Å². The van der Waals surface area contributed by atoms with Gasteiger partial charge in [-0.1, -0.05) is 37.3 Å². The summed E-state index contributed by atoms with van der Waals surface area (Å²) >= 11 is 5.94. The van der Waals surface area contributed by atoms with Crippen LogP contribution in [0, 0.1) is 0 Å². The van der Waals surface area contributed by atoms with E-state index < -0.39 is 16.1 Å². The summed E-state index contributed by atoms with van der Waals surface area (Å²) in [5, 5.41) is 3.24. The molecule has 8 heteroatoms. The molecule has 0 aliphatic heterocycles. The van der Waals surface area contributed by atoms with Crippen LogP contribution in [0.2, 0.25) is 5.02 Å². The molecule has 1 fully saturated rings. The lowest BCUT2D eigenvalue weighted by Gasteiger charge is -2.20. The lowest BCUT2D eigenvalue weighted by Crippen LogP contribution is -2.48. The molecule has 26 heavy (non-hydrogen) atoms. The van der Waals surface area contributed by atoms with Crippen LogP contribution in [0.25, 0.3) is 0 Å². The Hall–Kier alpha value is -1.31. The summed E-state index contributed by atoms with van der Waals surface area (Å²) in [5.41, 5.74) is 0. The summed E-state index contributed by atoms with van der Waals surface area (Å²) in [6.07, 6.45) is 6.42. The number of halogens is 1. The van der Waals surface area contributed by atoms with Crippen LogP contribution in [0.3, 0.4) is 0 Å². The Morgan fingerprint density at radius 2 is 1.92 bits per heavy atom. The Morgan fingerprint density at radius 1 is 1.27 bits per heavy atom. The van der Waals surface area contributed by atoms with Crippen LogP contribution in [0.15, 0.2) is 23.1 Å². The van der Waals surface area contributed by atoms with Crippen LogP contribution in [0.5, 0.6) is 5.75 Å². The molecule has 0 bridgehead atoms. The van der Waals surface area contributed by atoms with Crippen LogP contribution in [-0.2, 0) is 14.8 Å². The van der Waals surface area contributed by atoms with E-state index in [-0.39, 0.29) is 27.6 Å². The molecule has 0 saturated heterocycles. The van der Waals surface area contributed by atoms with E-state index in [1.165, 1.54) is 31.9 Å². The average molecular weight is 403 g/mol. The van der Waals surface area contributed by atoms with Crippen molar-refractivity contribution in [1.82, 2.24) is 10.0 Å². The summed E-state index contributed by atoms with van der Waals surface area (Å²) in [4.78, 5) is 12.3. The van der Waals surface area contributed by atoms with Gasteiger partial charge in [-0.2, -0.15) is 4.72 Å². The first-order chi connectivity index (χ1) is 12.3. The third-order valence-corrected chi connectivity index (χ3v) is 6.22. The van der Waals surface area contributed by atoms with Crippen molar-refractivity contribution in [3.63, 3.8) is 0 Å². The second-order valence-electron chi connectivity index (χ2n) is 6.56. The van der Waals surface area contributed by atoms with Crippen LogP contribution < -0.4 is 14.8 Å². The first-order valence-electron chi connectivity index (χ1n) is 9.08. The van der Waals surface area contributed by atoms with Gasteiger partial charge in [-0.3, -0.25) is 4.79 Å². The molecule has 2 rings (SSSR count). The van der Waals surface area contributed by atoms with Crippen molar-refractivity contribution < 1.29 is 17.9 Å². The van der Waals surface area contributed by atoms with E-state index in [4.69, 9.17) is 16.3 Å². The smallest absolute Gasteiger partial charge is 0.245 e. The molecular weight excluding hydrogens is 376 g/mol. The highest BCUT2D eigenvalue weighted by atomic mass is 35.5. The maximum absolute atomic E-state index is 12.7. The Kier molecular flexibility index (Phi) is 7.73. The molecule has 1 aliphatic carbocycles. The van der Waals surface area contributed by atoms with E-state index >= 15 is 0 Å². The molecular formula is C18H27ClN2O4S. The van der Waals surface area contributed by atoms with E-state index in [1.54, 1.807) is 13.0 Å². The number of carbonyl (C=O) groups excluding carboxylic acids is 1. The van der Waals surface area contributed by atoms with Gasteiger partial charge in [0, 0.05) is 11.1 Å². The van der Waals surface area contributed by atoms with Gasteiger partial charge >= 0.3 is 0 Å². The van der Waals surface area contributed by atoms with E-state index in [9.17, 15) is 13.2 Å². The van der Waals surface area contributed by atoms with Crippen molar-refractivity contribution in [2.45, 2.75) is 69.4 Å². The number of amides is 1. The molecule has 0 radical (unpaired) electrons. The molecule has 1 unspecified atom stereocenters. The quantitative estimate of drug-likeness (QED) is 0.685. The summed E-state index contributed by atoms with van der Waals surface area (Å²) in [6, 6.07) is 3.62. The Labute approximate surface area is 160 Å². The summed E-state index contributed by atoms with van der Waals surface area (Å²) in [5.74, 6) is -0.110. The normalized spacial score (nSPS) is 17.3. The van der Waals surface area contributed by atoms with Gasteiger partial charge in [0.1, 0.15) is 10.6 Å². The standard InChI is InChI=1S/C18H27ClN2O4S/c1-3-25-16-11-10-14(19)12-17(16)26(23,24)21-13(2)18(22)20-15-8-6-4-5-7-9-15/h10-13,15,21H,3-9H2,1-2H3,(H,20,22). The summed E-state index contributed by atoms with van der Waals surface area (Å²) in [6.45, 7) is 3.62. The number of rotatable bonds is 7. The molecule has 0 spiro atoms. The molecule has 0 aromatic heterocycles. The fourth-order valence-corrected chi connectivity index (χ4v) is 4.68. The van der Waals surface area contributed by atoms with Crippen molar-refractivity contribution in [1.29, 1.82) is 0 Å². The van der Waals surface area contributed by atoms with E-state index in [2.05, 4.69) is 10.0 Å². The minimum atomic E-state index is -3.95. The second kappa shape index (κ2) is 9.58. The first-order valence-corrected chi connectivity index (χ1v) is 10.9. The van der Waals surface area contributed by atoms with Gasteiger partial charge in [-0.25, -0.2) is 8.42 Å². The van der Waals surface area contributed by atoms with Gasteiger partial charge in [0.15, 0.2) is 0 Å². The average Bonchev–Trinajstić information content (AvgIpc) is 2.85. The van der Waals surface area contributed by atoms with E-state index in [1.807, 2.05) is 0 Å². The molecule has 1 saturated carbocycles. The molecule has 146 valence electrons. The lowest BCUT2D eigenvalue weighted by atomic mass is 10.1. The molecule has 1 amide bonds. The lowest BCUT2D eigenvalue weighted by molar-refractivity contribution is -0.123. The third-order valence-electron chi connectivity index (χ3n) is 4.42. The van der Waals surface area contributed by atoms with Crippen LogP contribution in [-0.4, -0.2) is 33.0 Å². The fraction of sp³-hybridized carbons (Fsp3) is 0.611. The number of nitrogens with one attached hydrogen (secondary N) is 2. The molecule has 1 aromatic carbocycles. The highest BCUT2D eigenvalue weighted by Gasteiger charge is 2.26. The van der Waals surface area contributed by atoms with Crippen molar-refractivity contribution in [3.8, 4) is 5.75 Å². The van der Waals surface area contributed by atoms with E-state index in [0.29, 0.717) is 6.61 Å². The Balaban J connectivity index is 2.08. The maximum Gasteiger partial charge on any atom is 0.245 e. The molecule has 2 N–H and O–H groups in total. The molecule has 0 heterocycles. The predicted molar refractivity (Wildman–Crippen MR) is 102 cm³/mol. The number of hydrogen-bond donors (Lipinski definition) is 2. The monoisotopic (exact) mass is 402 g/mol. The summed E-state index contributed by atoms with van der Waals surface area (Å²) < 4.78 is 33.2. The Bertz CT molecular complexity index is 716. The zero-order chi connectivity index (χ0) is 19.2. The van der Waals surface area contributed by atoms with Gasteiger partial charge in [-0.15, -0.1) is 0 Å². The molecule has 6 nitrogen and oxygen atoms in total. The fourth-order valence-electron chi connectivity index (χ4n) is 3.07. The van der Waals surface area contributed by atoms with Crippen molar-refractivity contribution in [2.24, 2.45) is 0 Å². The number of carbonyl (C=O) groups is 1. The zero-order valence-corrected chi connectivity index (χ0v) is 16.8. The second-order valence-corrected chi connectivity index (χ2v) is 8.68. The number of benzene rings is 1. The van der Waals surface area contributed by atoms with Crippen molar-refractivity contribution >= 4 is 27.5 Å². The van der Waals surface area contributed by atoms with Gasteiger partial charge in [0.25, 0.3) is 0 Å². The number of ether oxygens (including phenoxy) is 1. The highest BCUT2D eigenvalue weighted by molar-refractivity contribution is 7.89. The van der Waals surface area contributed by atoms with Gasteiger partial charge in [0.2, 0.25) is 15.9 Å². The minimum absolute atomic E-state index is 0.0685. The SMILES string of the molecule is CCOc1ccc(Cl)cc1S(=O)(=O)NC(C)C(=O)NC1CCCCCC1. The molecule has 1 atom stereocenters. The van der Waals surface area contributed by atoms with Crippen molar-refractivity contribution in [3.05, 3.63) is 23.2 Å². The molecule has 1 aromatic rings. The van der Waals surface area contributed by atoms with E-state index in [0.717, 1.165) is 25.7 Å². The topological polar surface area (TPSA) is 84.5 Å². The predicted octanol–water partition coefficient (Wildman–Crippen LogP) is 3.24.